The van der Waals surface area contributed by atoms with Crippen molar-refractivity contribution in [3.05, 3.63) is 70.2 Å². The van der Waals surface area contributed by atoms with Crippen LogP contribution in [0, 0.1) is 17.5 Å². The van der Waals surface area contributed by atoms with Gasteiger partial charge in [-0.1, -0.05) is 42.0 Å². The summed E-state index contributed by atoms with van der Waals surface area (Å²) < 4.78 is 15.0. The smallest absolute Gasteiger partial charge is 0.240 e. The Hall–Kier alpha value is -2.80. The Morgan fingerprint density at radius 3 is 2.58 bits per heavy atom. The number of aromatic nitrogens is 3. The number of amides is 1. The molecule has 0 bridgehead atoms. The number of aromatic amines is 1. The van der Waals surface area contributed by atoms with Crippen molar-refractivity contribution >= 4 is 18.1 Å². The molecule has 0 aliphatic rings. The van der Waals surface area contributed by atoms with Crippen LogP contribution in [0.5, 0.6) is 0 Å². The number of carbonyl (C=O) groups excluding carboxylic acids is 1. The highest BCUT2D eigenvalue weighted by Gasteiger charge is 2.12. The molecule has 7 heteroatoms. The van der Waals surface area contributed by atoms with Crippen LogP contribution < -0.4 is 5.32 Å². The van der Waals surface area contributed by atoms with Gasteiger partial charge >= 0.3 is 0 Å². The zero-order chi connectivity index (χ0) is 18.5. The number of hydrogen-bond acceptors (Lipinski definition) is 3. The molecule has 0 atom stereocenters. The first-order valence-electron chi connectivity index (χ1n) is 8.26. The van der Waals surface area contributed by atoms with Crippen molar-refractivity contribution < 1.29 is 9.18 Å². The molecule has 26 heavy (non-hydrogen) atoms. The summed E-state index contributed by atoms with van der Waals surface area (Å²) >= 11 is 5.25. The molecule has 1 amide bonds. The molecule has 134 valence electrons. The van der Waals surface area contributed by atoms with E-state index in [1.807, 2.05) is 31.2 Å². The van der Waals surface area contributed by atoms with Crippen molar-refractivity contribution in [2.45, 2.75) is 19.9 Å². The number of aryl methyl sites for hydroxylation is 1. The predicted octanol–water partition coefficient (Wildman–Crippen LogP) is 3.41. The number of H-pyrrole nitrogens is 1. The average molecular weight is 370 g/mol. The summed E-state index contributed by atoms with van der Waals surface area (Å²) in [7, 11) is 0. The molecular formula is C19H19FN4OS. The van der Waals surface area contributed by atoms with E-state index < -0.39 is 0 Å². The van der Waals surface area contributed by atoms with Crippen molar-refractivity contribution in [3.63, 3.8) is 0 Å². The third kappa shape index (κ3) is 4.43. The van der Waals surface area contributed by atoms with Crippen molar-refractivity contribution in [2.24, 2.45) is 0 Å². The first-order chi connectivity index (χ1) is 12.5. The lowest BCUT2D eigenvalue weighted by Gasteiger charge is -2.09. The Labute approximate surface area is 155 Å². The van der Waals surface area contributed by atoms with E-state index in [0.717, 1.165) is 16.7 Å². The van der Waals surface area contributed by atoms with Gasteiger partial charge in [0.25, 0.3) is 0 Å². The first kappa shape index (κ1) is 18.0. The zero-order valence-electron chi connectivity index (χ0n) is 14.3. The van der Waals surface area contributed by atoms with Crippen LogP contribution >= 0.6 is 12.2 Å². The van der Waals surface area contributed by atoms with Crippen LogP contribution in [0.4, 0.5) is 4.39 Å². The fourth-order valence-electron chi connectivity index (χ4n) is 2.58. The summed E-state index contributed by atoms with van der Waals surface area (Å²) in [6.45, 7) is 2.56. The predicted molar refractivity (Wildman–Crippen MR) is 101 cm³/mol. The number of rotatable bonds is 6. The standard InChI is InChI=1S/C19H19FN4OS/c1-13-2-6-15(7-3-13)18-22-23-19(26)24(18)12-17(25)21-11-10-14-4-8-16(20)9-5-14/h2-9H,10-12H2,1H3,(H,21,25)(H,23,26). The molecule has 2 aromatic carbocycles. The molecule has 0 unspecified atom stereocenters. The Bertz CT molecular complexity index is 945. The van der Waals surface area contributed by atoms with Crippen LogP contribution in [0.15, 0.2) is 48.5 Å². The maximum Gasteiger partial charge on any atom is 0.240 e. The monoisotopic (exact) mass is 370 g/mol. The molecule has 3 aromatic rings. The maximum atomic E-state index is 12.9. The number of benzene rings is 2. The molecular weight excluding hydrogens is 351 g/mol. The van der Waals surface area contributed by atoms with Gasteiger partial charge in [-0.3, -0.25) is 14.5 Å². The lowest BCUT2D eigenvalue weighted by Crippen LogP contribution is -2.29. The second-order valence-electron chi connectivity index (χ2n) is 6.03. The molecule has 0 aliphatic heterocycles. The van der Waals surface area contributed by atoms with Crippen LogP contribution in [-0.4, -0.2) is 27.2 Å². The molecule has 0 radical (unpaired) electrons. The van der Waals surface area contributed by atoms with Crippen molar-refractivity contribution in [1.82, 2.24) is 20.1 Å². The quantitative estimate of drug-likeness (QED) is 0.654. The third-order valence-electron chi connectivity index (χ3n) is 4.02. The van der Waals surface area contributed by atoms with Gasteiger partial charge in [-0.2, -0.15) is 5.10 Å². The van der Waals surface area contributed by atoms with Gasteiger partial charge < -0.3 is 5.32 Å². The number of carbonyl (C=O) groups is 1. The first-order valence-corrected chi connectivity index (χ1v) is 8.67. The van der Waals surface area contributed by atoms with Crippen LogP contribution in [0.1, 0.15) is 11.1 Å². The van der Waals surface area contributed by atoms with E-state index in [-0.39, 0.29) is 18.3 Å². The summed E-state index contributed by atoms with van der Waals surface area (Å²) in [5.74, 6) is 0.206. The maximum absolute atomic E-state index is 12.9. The Kier molecular flexibility index (Phi) is 5.58. The van der Waals surface area contributed by atoms with Gasteiger partial charge in [-0.25, -0.2) is 4.39 Å². The number of hydrogen-bond donors (Lipinski definition) is 2. The Morgan fingerprint density at radius 2 is 1.88 bits per heavy atom. The lowest BCUT2D eigenvalue weighted by molar-refractivity contribution is -0.121. The minimum Gasteiger partial charge on any atom is -0.354 e. The largest absolute Gasteiger partial charge is 0.354 e. The SMILES string of the molecule is Cc1ccc(-c2n[nH]c(=S)n2CC(=O)NCCc2ccc(F)cc2)cc1. The van der Waals surface area contributed by atoms with E-state index in [1.54, 1.807) is 16.7 Å². The zero-order valence-corrected chi connectivity index (χ0v) is 15.1. The van der Waals surface area contributed by atoms with E-state index in [0.29, 0.717) is 23.6 Å². The second kappa shape index (κ2) is 8.05. The van der Waals surface area contributed by atoms with Gasteiger partial charge in [0.2, 0.25) is 5.91 Å². The van der Waals surface area contributed by atoms with E-state index in [2.05, 4.69) is 15.5 Å². The fourth-order valence-corrected chi connectivity index (χ4v) is 2.78. The molecule has 0 spiro atoms. The molecule has 5 nitrogen and oxygen atoms in total. The summed E-state index contributed by atoms with van der Waals surface area (Å²) in [5.41, 5.74) is 3.00. The molecule has 0 fully saturated rings. The minimum absolute atomic E-state index is 0.0853. The normalized spacial score (nSPS) is 10.7. The van der Waals surface area contributed by atoms with Crippen LogP contribution in [0.25, 0.3) is 11.4 Å². The van der Waals surface area contributed by atoms with Gasteiger partial charge in [-0.15, -0.1) is 0 Å². The fraction of sp³-hybridized carbons (Fsp3) is 0.211. The van der Waals surface area contributed by atoms with E-state index >= 15 is 0 Å². The van der Waals surface area contributed by atoms with Crippen LogP contribution in [-0.2, 0) is 17.8 Å². The van der Waals surface area contributed by atoms with Gasteiger partial charge in [0, 0.05) is 12.1 Å². The summed E-state index contributed by atoms with van der Waals surface area (Å²) in [6.07, 6.45) is 0.633. The average Bonchev–Trinajstić information content (AvgIpc) is 2.98. The Balaban J connectivity index is 1.62. The number of halogens is 1. The van der Waals surface area contributed by atoms with Gasteiger partial charge in [0.1, 0.15) is 12.4 Å². The molecule has 0 saturated heterocycles. The molecule has 0 saturated carbocycles. The van der Waals surface area contributed by atoms with Gasteiger partial charge in [0.15, 0.2) is 10.6 Å². The van der Waals surface area contributed by atoms with Crippen LogP contribution in [0.2, 0.25) is 0 Å². The lowest BCUT2D eigenvalue weighted by atomic mass is 10.1. The Morgan fingerprint density at radius 1 is 1.19 bits per heavy atom. The van der Waals surface area contributed by atoms with E-state index in [9.17, 15) is 9.18 Å². The molecule has 1 aromatic heterocycles. The highest BCUT2D eigenvalue weighted by molar-refractivity contribution is 7.71. The van der Waals surface area contributed by atoms with Crippen molar-refractivity contribution in [3.8, 4) is 11.4 Å². The van der Waals surface area contributed by atoms with Gasteiger partial charge in [-0.05, 0) is 43.3 Å². The molecule has 2 N–H and O–H groups in total. The van der Waals surface area contributed by atoms with Crippen LogP contribution in [0.3, 0.4) is 0 Å². The summed E-state index contributed by atoms with van der Waals surface area (Å²) in [6, 6.07) is 14.1. The van der Waals surface area contributed by atoms with Crippen molar-refractivity contribution in [1.29, 1.82) is 0 Å². The third-order valence-corrected chi connectivity index (χ3v) is 4.33. The topological polar surface area (TPSA) is 62.7 Å². The highest BCUT2D eigenvalue weighted by atomic mass is 32.1. The molecule has 1 heterocycles. The second-order valence-corrected chi connectivity index (χ2v) is 6.42. The number of nitrogens with one attached hydrogen (secondary N) is 2. The van der Waals surface area contributed by atoms with Crippen molar-refractivity contribution in [2.75, 3.05) is 6.54 Å². The molecule has 0 aliphatic carbocycles. The number of nitrogens with zero attached hydrogens (tertiary/aromatic N) is 2. The van der Waals surface area contributed by atoms with E-state index in [1.165, 1.54) is 12.1 Å². The summed E-state index contributed by atoms with van der Waals surface area (Å²) in [4.78, 5) is 12.3. The van der Waals surface area contributed by atoms with Gasteiger partial charge in [0.05, 0.1) is 0 Å². The summed E-state index contributed by atoms with van der Waals surface area (Å²) in [5, 5.41) is 9.84. The highest BCUT2D eigenvalue weighted by Crippen LogP contribution is 2.17. The molecule has 3 rings (SSSR count). The minimum atomic E-state index is -0.268. The van der Waals surface area contributed by atoms with E-state index in [4.69, 9.17) is 12.2 Å².